The molecule has 2 aliphatic rings. The molecule has 2 atom stereocenters. The summed E-state index contributed by atoms with van der Waals surface area (Å²) in [6, 6.07) is 12.8. The predicted molar refractivity (Wildman–Crippen MR) is 123 cm³/mol. The number of fused-ring (bicyclic) bond motifs is 3. The summed E-state index contributed by atoms with van der Waals surface area (Å²) in [6.45, 7) is 9.26. The topological polar surface area (TPSA) is 33.2 Å². The third-order valence-electron chi connectivity index (χ3n) is 7.37. The third kappa shape index (κ3) is 2.26. The molecule has 0 N–H and O–H groups in total. The first-order valence-electron chi connectivity index (χ1n) is 10.3. The maximum atomic E-state index is 12.4. The Bertz CT molecular complexity index is 1240. The maximum absolute atomic E-state index is 12.4. The van der Waals surface area contributed by atoms with E-state index in [9.17, 15) is 4.79 Å². The molecule has 2 aliphatic heterocycles. The molecule has 0 saturated carbocycles. The number of likely N-dealkylation sites (tertiary alicyclic amines) is 1. The van der Waals surface area contributed by atoms with Gasteiger partial charge in [0.15, 0.2) is 5.54 Å². The van der Waals surface area contributed by atoms with E-state index in [1.54, 1.807) is 0 Å². The molecular formula is C25H25ClN3O+. The highest BCUT2D eigenvalue weighted by Crippen LogP contribution is 2.63. The van der Waals surface area contributed by atoms with E-state index < -0.39 is 0 Å². The minimum absolute atomic E-state index is 0.0117. The van der Waals surface area contributed by atoms with Crippen LogP contribution in [0.3, 0.4) is 0 Å². The SMILES string of the molecule is C=CC(=O)N1CC[C@]2(C1)c1c(ccc(Cl)c1C)[N+]2(C)c1ccc2c(C)ccnc2c1. The Morgan fingerprint density at radius 1 is 1.27 bits per heavy atom. The van der Waals surface area contributed by atoms with Gasteiger partial charge in [0.2, 0.25) is 5.91 Å². The minimum atomic E-state index is -0.222. The second kappa shape index (κ2) is 6.40. The number of hydrogen-bond acceptors (Lipinski definition) is 2. The van der Waals surface area contributed by atoms with Crippen LogP contribution in [0.15, 0.2) is 55.3 Å². The number of likely N-dealkylation sites (N-methyl/N-ethyl adjacent to an activating group) is 1. The fraction of sp³-hybridized carbons (Fsp3) is 0.280. The van der Waals surface area contributed by atoms with Crippen LogP contribution in [0.1, 0.15) is 23.1 Å². The Hall–Kier alpha value is -2.69. The molecule has 0 bridgehead atoms. The highest BCUT2D eigenvalue weighted by atomic mass is 35.5. The van der Waals surface area contributed by atoms with Crippen LogP contribution in [0, 0.1) is 13.8 Å². The number of hydrogen-bond donors (Lipinski definition) is 0. The van der Waals surface area contributed by atoms with Crippen molar-refractivity contribution in [2.45, 2.75) is 25.8 Å². The molecule has 5 rings (SSSR count). The molecule has 4 nitrogen and oxygen atoms in total. The molecule has 1 fully saturated rings. The molecule has 1 aromatic heterocycles. The highest BCUT2D eigenvalue weighted by Gasteiger charge is 2.67. The second-order valence-electron chi connectivity index (χ2n) is 8.65. The van der Waals surface area contributed by atoms with Gasteiger partial charge >= 0.3 is 0 Å². The molecule has 1 unspecified atom stereocenters. The fourth-order valence-electron chi connectivity index (χ4n) is 5.66. The summed E-state index contributed by atoms with van der Waals surface area (Å²) >= 11 is 6.53. The molecular weight excluding hydrogens is 394 g/mol. The van der Waals surface area contributed by atoms with E-state index in [1.807, 2.05) is 23.2 Å². The first-order chi connectivity index (χ1) is 14.3. The van der Waals surface area contributed by atoms with Gasteiger partial charge in [0.1, 0.15) is 11.4 Å². The molecule has 30 heavy (non-hydrogen) atoms. The van der Waals surface area contributed by atoms with Crippen LogP contribution in [-0.2, 0) is 10.3 Å². The van der Waals surface area contributed by atoms with E-state index >= 15 is 0 Å². The van der Waals surface area contributed by atoms with E-state index in [4.69, 9.17) is 11.6 Å². The minimum Gasteiger partial charge on any atom is -0.332 e. The summed E-state index contributed by atoms with van der Waals surface area (Å²) in [5, 5.41) is 1.95. The van der Waals surface area contributed by atoms with Crippen molar-refractivity contribution < 1.29 is 4.79 Å². The van der Waals surface area contributed by atoms with E-state index in [2.05, 4.69) is 56.7 Å². The summed E-state index contributed by atoms with van der Waals surface area (Å²) in [7, 11) is 2.26. The van der Waals surface area contributed by atoms with E-state index in [0.717, 1.165) is 29.1 Å². The number of aryl methyl sites for hydroxylation is 1. The number of carbonyl (C=O) groups excluding carboxylic acids is 1. The van der Waals surface area contributed by atoms with Gasteiger partial charge in [-0.05, 0) is 49.2 Å². The van der Waals surface area contributed by atoms with Gasteiger partial charge in [-0.2, -0.15) is 0 Å². The lowest BCUT2D eigenvalue weighted by Crippen LogP contribution is -2.67. The van der Waals surface area contributed by atoms with Crippen molar-refractivity contribution >= 4 is 39.8 Å². The van der Waals surface area contributed by atoms with E-state index in [-0.39, 0.29) is 11.4 Å². The lowest BCUT2D eigenvalue weighted by atomic mass is 9.72. The van der Waals surface area contributed by atoms with Crippen molar-refractivity contribution in [2.75, 3.05) is 20.1 Å². The van der Waals surface area contributed by atoms with E-state index in [0.29, 0.717) is 11.0 Å². The monoisotopic (exact) mass is 418 g/mol. The number of aromatic nitrogens is 1. The Morgan fingerprint density at radius 3 is 2.83 bits per heavy atom. The summed E-state index contributed by atoms with van der Waals surface area (Å²) in [4.78, 5) is 19.0. The molecule has 5 heteroatoms. The quantitative estimate of drug-likeness (QED) is 0.412. The van der Waals surface area contributed by atoms with Gasteiger partial charge in [-0.25, -0.2) is 0 Å². The Kier molecular flexibility index (Phi) is 4.12. The first-order valence-corrected chi connectivity index (χ1v) is 10.7. The second-order valence-corrected chi connectivity index (χ2v) is 9.05. The molecule has 1 saturated heterocycles. The molecule has 152 valence electrons. The van der Waals surface area contributed by atoms with Crippen LogP contribution in [0.2, 0.25) is 5.02 Å². The lowest BCUT2D eigenvalue weighted by Gasteiger charge is -2.57. The van der Waals surface area contributed by atoms with Crippen molar-refractivity contribution in [1.82, 2.24) is 14.4 Å². The number of benzene rings is 2. The van der Waals surface area contributed by atoms with Crippen LogP contribution in [0.4, 0.5) is 11.4 Å². The zero-order chi connectivity index (χ0) is 21.3. The van der Waals surface area contributed by atoms with Gasteiger partial charge in [-0.15, -0.1) is 0 Å². The van der Waals surface area contributed by atoms with Gasteiger partial charge in [0.05, 0.1) is 24.7 Å². The number of quaternary nitrogens is 1. The molecule has 0 aliphatic carbocycles. The zero-order valence-electron chi connectivity index (χ0n) is 17.6. The summed E-state index contributed by atoms with van der Waals surface area (Å²) < 4.78 is 0.646. The van der Waals surface area contributed by atoms with E-state index in [1.165, 1.54) is 34.0 Å². The lowest BCUT2D eigenvalue weighted by molar-refractivity contribution is -0.125. The van der Waals surface area contributed by atoms with Crippen molar-refractivity contribution in [3.05, 3.63) is 77.0 Å². The third-order valence-corrected chi connectivity index (χ3v) is 7.78. The van der Waals surface area contributed by atoms with Crippen LogP contribution in [-0.4, -0.2) is 35.9 Å². The molecule has 3 heterocycles. The normalized spacial score (nSPS) is 24.7. The summed E-state index contributed by atoms with van der Waals surface area (Å²) in [6.07, 6.45) is 4.16. The van der Waals surface area contributed by atoms with Crippen LogP contribution in [0.25, 0.3) is 10.9 Å². The van der Waals surface area contributed by atoms with Crippen LogP contribution >= 0.6 is 11.6 Å². The highest BCUT2D eigenvalue weighted by molar-refractivity contribution is 6.31. The summed E-state index contributed by atoms with van der Waals surface area (Å²) in [5.41, 5.74) is 6.83. The average molecular weight is 419 g/mol. The Morgan fingerprint density at radius 2 is 2.07 bits per heavy atom. The van der Waals surface area contributed by atoms with Crippen molar-refractivity contribution in [3.63, 3.8) is 0 Å². The van der Waals surface area contributed by atoms with Gasteiger partial charge < -0.3 is 4.90 Å². The van der Waals surface area contributed by atoms with Gasteiger partial charge in [0.25, 0.3) is 0 Å². The largest absolute Gasteiger partial charge is 0.332 e. The standard InChI is InChI=1S/C25H25ClN3O/c1-5-23(30)28-13-11-25(15-28)24-17(3)20(26)8-9-22(24)29(25,4)18-6-7-19-16(2)10-12-27-21(19)14-18/h5-10,12,14H,1,11,13,15H2,2-4H3/q+1/t25-,29?/m0/s1. The summed E-state index contributed by atoms with van der Waals surface area (Å²) in [5.74, 6) is -0.0117. The smallest absolute Gasteiger partial charge is 0.246 e. The number of rotatable bonds is 2. The molecule has 1 spiro atoms. The molecule has 1 amide bonds. The predicted octanol–water partition coefficient (Wildman–Crippen LogP) is 5.40. The van der Waals surface area contributed by atoms with Crippen LogP contribution in [0.5, 0.6) is 0 Å². The van der Waals surface area contributed by atoms with Crippen molar-refractivity contribution in [3.8, 4) is 0 Å². The number of pyridine rings is 1. The zero-order valence-corrected chi connectivity index (χ0v) is 18.3. The van der Waals surface area contributed by atoms with Gasteiger partial charge in [0, 0.05) is 47.8 Å². The van der Waals surface area contributed by atoms with Gasteiger partial charge in [-0.3, -0.25) is 14.3 Å². The number of amides is 1. The maximum Gasteiger partial charge on any atom is 0.246 e. The fourth-order valence-corrected chi connectivity index (χ4v) is 5.81. The number of carbonyl (C=O) groups is 1. The average Bonchev–Trinajstić information content (AvgIpc) is 3.22. The van der Waals surface area contributed by atoms with Gasteiger partial charge in [-0.1, -0.05) is 18.2 Å². The van der Waals surface area contributed by atoms with Crippen molar-refractivity contribution in [2.24, 2.45) is 0 Å². The molecule has 2 aromatic carbocycles. The molecule has 3 aromatic rings. The number of nitrogens with zero attached hydrogens (tertiary/aromatic N) is 3. The van der Waals surface area contributed by atoms with Crippen molar-refractivity contribution in [1.29, 1.82) is 0 Å². The number of halogens is 1. The first kappa shape index (κ1) is 19.3. The Labute approximate surface area is 182 Å². The molecule has 0 radical (unpaired) electrons. The Balaban J connectivity index is 1.73. The van der Waals surface area contributed by atoms with Crippen LogP contribution < -0.4 is 4.48 Å².